The van der Waals surface area contributed by atoms with E-state index in [1.807, 2.05) is 11.9 Å². The molecule has 2 aliphatic rings. The summed E-state index contributed by atoms with van der Waals surface area (Å²) in [4.78, 5) is 16.4. The molecule has 2 fully saturated rings. The maximum atomic E-state index is 12.0. The summed E-state index contributed by atoms with van der Waals surface area (Å²) in [6.45, 7) is 6.39. The van der Waals surface area contributed by atoms with E-state index < -0.39 is 0 Å². The van der Waals surface area contributed by atoms with Gasteiger partial charge in [0.25, 0.3) is 0 Å². The van der Waals surface area contributed by atoms with Crippen LogP contribution in [0.3, 0.4) is 0 Å². The van der Waals surface area contributed by atoms with Gasteiger partial charge in [0.15, 0.2) is 0 Å². The number of amides is 1. The molecule has 1 amide bonds. The third-order valence-corrected chi connectivity index (χ3v) is 3.83. The van der Waals surface area contributed by atoms with Crippen molar-refractivity contribution in [2.24, 2.45) is 5.41 Å². The molecule has 2 heterocycles. The van der Waals surface area contributed by atoms with Crippen molar-refractivity contribution in [1.29, 1.82) is 0 Å². The second-order valence-corrected chi connectivity index (χ2v) is 4.73. The highest BCUT2D eigenvalue weighted by atomic mass is 16.2. The van der Waals surface area contributed by atoms with Crippen molar-refractivity contribution in [3.8, 4) is 0 Å². The van der Waals surface area contributed by atoms with E-state index >= 15 is 0 Å². The molecule has 3 nitrogen and oxygen atoms in total. The highest BCUT2D eigenvalue weighted by Gasteiger charge is 2.47. The van der Waals surface area contributed by atoms with Gasteiger partial charge in [-0.05, 0) is 32.4 Å². The molecular formula is C11H20N2O. The molecule has 0 aromatic rings. The van der Waals surface area contributed by atoms with Gasteiger partial charge in [0.2, 0.25) is 5.91 Å². The molecule has 0 aliphatic carbocycles. The Morgan fingerprint density at radius 3 is 2.71 bits per heavy atom. The number of hydrogen-bond acceptors (Lipinski definition) is 2. The van der Waals surface area contributed by atoms with Crippen molar-refractivity contribution in [2.45, 2.75) is 26.2 Å². The lowest BCUT2D eigenvalue weighted by atomic mass is 9.78. The lowest BCUT2D eigenvalue weighted by molar-refractivity contribution is -0.137. The van der Waals surface area contributed by atoms with Gasteiger partial charge in [-0.15, -0.1) is 0 Å². The summed E-state index contributed by atoms with van der Waals surface area (Å²) in [6.07, 6.45) is 3.36. The summed E-state index contributed by atoms with van der Waals surface area (Å²) < 4.78 is 0. The van der Waals surface area contributed by atoms with Gasteiger partial charge in [-0.2, -0.15) is 0 Å². The lowest BCUT2D eigenvalue weighted by Crippen LogP contribution is -2.47. The van der Waals surface area contributed by atoms with Crippen LogP contribution in [0.1, 0.15) is 26.2 Å². The summed E-state index contributed by atoms with van der Waals surface area (Å²) >= 11 is 0. The van der Waals surface area contributed by atoms with Gasteiger partial charge >= 0.3 is 0 Å². The van der Waals surface area contributed by atoms with Crippen LogP contribution in [0.4, 0.5) is 0 Å². The van der Waals surface area contributed by atoms with Crippen molar-refractivity contribution < 1.29 is 4.79 Å². The van der Waals surface area contributed by atoms with Gasteiger partial charge in [0.1, 0.15) is 0 Å². The quantitative estimate of drug-likeness (QED) is 0.623. The molecule has 2 saturated heterocycles. The van der Waals surface area contributed by atoms with E-state index in [4.69, 9.17) is 0 Å². The SMILES string of the molecule is CCN1CCC[C@@]2(CCN(C)C2=O)C1. The molecule has 1 spiro atoms. The Morgan fingerprint density at radius 1 is 1.36 bits per heavy atom. The maximum absolute atomic E-state index is 12.0. The molecule has 0 aromatic carbocycles. The van der Waals surface area contributed by atoms with Gasteiger partial charge < -0.3 is 9.80 Å². The van der Waals surface area contributed by atoms with Crippen LogP contribution in [0.15, 0.2) is 0 Å². The first-order valence-electron chi connectivity index (χ1n) is 5.66. The minimum absolute atomic E-state index is 0.0109. The first-order chi connectivity index (χ1) is 6.68. The Bertz CT molecular complexity index is 237. The van der Waals surface area contributed by atoms with E-state index in [1.165, 1.54) is 13.0 Å². The predicted molar refractivity (Wildman–Crippen MR) is 56.0 cm³/mol. The van der Waals surface area contributed by atoms with Gasteiger partial charge in [0, 0.05) is 20.1 Å². The zero-order valence-electron chi connectivity index (χ0n) is 9.25. The second-order valence-electron chi connectivity index (χ2n) is 4.73. The van der Waals surface area contributed by atoms with E-state index in [9.17, 15) is 4.79 Å². The first kappa shape index (κ1) is 9.97. The van der Waals surface area contributed by atoms with Crippen molar-refractivity contribution in [3.05, 3.63) is 0 Å². The van der Waals surface area contributed by atoms with Gasteiger partial charge in [-0.25, -0.2) is 0 Å². The Morgan fingerprint density at radius 2 is 2.14 bits per heavy atom. The second kappa shape index (κ2) is 3.54. The fraction of sp³-hybridized carbons (Fsp3) is 0.909. The van der Waals surface area contributed by atoms with Crippen LogP contribution in [0.25, 0.3) is 0 Å². The molecule has 0 bridgehead atoms. The first-order valence-corrected chi connectivity index (χ1v) is 5.66. The van der Waals surface area contributed by atoms with Gasteiger partial charge in [-0.1, -0.05) is 6.92 Å². The summed E-state index contributed by atoms with van der Waals surface area (Å²) in [5, 5.41) is 0. The third-order valence-electron chi connectivity index (χ3n) is 3.83. The molecule has 80 valence electrons. The number of carbonyl (C=O) groups excluding carboxylic acids is 1. The topological polar surface area (TPSA) is 23.6 Å². The van der Waals surface area contributed by atoms with Gasteiger partial charge in [-0.3, -0.25) is 4.79 Å². The van der Waals surface area contributed by atoms with Crippen LogP contribution in [0.5, 0.6) is 0 Å². The molecule has 0 saturated carbocycles. The average Bonchev–Trinajstić information content (AvgIpc) is 2.48. The van der Waals surface area contributed by atoms with Crippen LogP contribution < -0.4 is 0 Å². The number of nitrogens with zero attached hydrogens (tertiary/aromatic N) is 2. The van der Waals surface area contributed by atoms with Crippen LogP contribution >= 0.6 is 0 Å². The summed E-state index contributed by atoms with van der Waals surface area (Å²) in [5.41, 5.74) is -0.0109. The maximum Gasteiger partial charge on any atom is 0.229 e. The monoisotopic (exact) mass is 196 g/mol. The molecule has 0 N–H and O–H groups in total. The highest BCUT2D eigenvalue weighted by molar-refractivity contribution is 5.85. The zero-order chi connectivity index (χ0) is 10.2. The fourth-order valence-electron chi connectivity index (χ4n) is 2.87. The van der Waals surface area contributed by atoms with E-state index in [2.05, 4.69) is 11.8 Å². The smallest absolute Gasteiger partial charge is 0.229 e. The van der Waals surface area contributed by atoms with Crippen molar-refractivity contribution in [3.63, 3.8) is 0 Å². The summed E-state index contributed by atoms with van der Waals surface area (Å²) in [5.74, 6) is 0.385. The summed E-state index contributed by atoms with van der Waals surface area (Å²) in [6, 6.07) is 0. The molecule has 2 rings (SSSR count). The molecule has 14 heavy (non-hydrogen) atoms. The normalized spacial score (nSPS) is 34.4. The van der Waals surface area contributed by atoms with E-state index in [1.54, 1.807) is 0 Å². The van der Waals surface area contributed by atoms with Crippen LogP contribution in [0.2, 0.25) is 0 Å². The third kappa shape index (κ3) is 1.44. The van der Waals surface area contributed by atoms with Crippen molar-refractivity contribution in [1.82, 2.24) is 9.80 Å². The van der Waals surface area contributed by atoms with E-state index in [0.29, 0.717) is 5.91 Å². The largest absolute Gasteiger partial charge is 0.345 e. The highest BCUT2D eigenvalue weighted by Crippen LogP contribution is 2.39. The minimum atomic E-state index is -0.0109. The molecule has 1 atom stereocenters. The number of piperidine rings is 1. The number of rotatable bonds is 1. The Labute approximate surface area is 86.1 Å². The Balaban J connectivity index is 2.12. The van der Waals surface area contributed by atoms with Gasteiger partial charge in [0.05, 0.1) is 5.41 Å². The number of carbonyl (C=O) groups is 1. The summed E-state index contributed by atoms with van der Waals surface area (Å²) in [7, 11) is 1.93. The molecule has 2 aliphatic heterocycles. The average molecular weight is 196 g/mol. The number of hydrogen-bond donors (Lipinski definition) is 0. The van der Waals surface area contributed by atoms with Crippen molar-refractivity contribution >= 4 is 5.91 Å². The zero-order valence-corrected chi connectivity index (χ0v) is 9.25. The van der Waals surface area contributed by atoms with Crippen LogP contribution in [-0.2, 0) is 4.79 Å². The standard InChI is InChI=1S/C11H20N2O/c1-3-13-7-4-5-11(9-13)6-8-12(2)10(11)14/h3-9H2,1-2H3/t11-/m1/s1. The van der Waals surface area contributed by atoms with Crippen molar-refractivity contribution in [2.75, 3.05) is 33.2 Å². The predicted octanol–water partition coefficient (Wildman–Crippen LogP) is 0.951. The molecule has 0 radical (unpaired) electrons. The molecular weight excluding hydrogens is 176 g/mol. The number of likely N-dealkylation sites (tertiary alicyclic amines) is 2. The fourth-order valence-corrected chi connectivity index (χ4v) is 2.87. The molecule has 3 heteroatoms. The Kier molecular flexibility index (Phi) is 2.52. The lowest BCUT2D eigenvalue weighted by Gasteiger charge is -2.38. The minimum Gasteiger partial charge on any atom is -0.345 e. The molecule has 0 aromatic heterocycles. The Hall–Kier alpha value is -0.570. The van der Waals surface area contributed by atoms with Crippen LogP contribution in [0, 0.1) is 5.41 Å². The van der Waals surface area contributed by atoms with E-state index in [-0.39, 0.29) is 5.41 Å². The van der Waals surface area contributed by atoms with E-state index in [0.717, 1.165) is 32.5 Å². The molecule has 0 unspecified atom stereocenters. The van der Waals surface area contributed by atoms with Crippen LogP contribution in [-0.4, -0.2) is 48.9 Å².